The van der Waals surface area contributed by atoms with Crippen molar-refractivity contribution in [3.8, 4) is 0 Å². The quantitative estimate of drug-likeness (QED) is 0.832. The van der Waals surface area contributed by atoms with Crippen molar-refractivity contribution >= 4 is 23.5 Å². The molecule has 0 heterocycles. The summed E-state index contributed by atoms with van der Waals surface area (Å²) >= 11 is 0. The topological polar surface area (TPSA) is 46.2 Å². The number of para-hydroxylation sites is 1. The molecule has 19 heavy (non-hydrogen) atoms. The lowest BCUT2D eigenvalue weighted by molar-refractivity contribution is -0.112. The van der Waals surface area contributed by atoms with Crippen LogP contribution in [0.15, 0.2) is 60.2 Å². The van der Waals surface area contributed by atoms with Crippen LogP contribution < -0.4 is 5.32 Å². The number of carbonyl (C=O) groups excluding carboxylic acids is 2. The minimum absolute atomic E-state index is 0.185. The molecule has 92 valence electrons. The van der Waals surface area contributed by atoms with Crippen LogP contribution in [-0.2, 0) is 4.79 Å². The van der Waals surface area contributed by atoms with Gasteiger partial charge in [0.2, 0.25) is 0 Å². The van der Waals surface area contributed by atoms with Crippen molar-refractivity contribution in [1.82, 2.24) is 0 Å². The van der Waals surface area contributed by atoms with Crippen molar-refractivity contribution in [2.24, 2.45) is 0 Å². The first-order chi connectivity index (χ1) is 9.25. The molecule has 0 saturated heterocycles. The first-order valence-electron chi connectivity index (χ1n) is 5.97. The van der Waals surface area contributed by atoms with Crippen LogP contribution in [0.2, 0.25) is 0 Å². The Kier molecular flexibility index (Phi) is 2.72. The molecule has 1 aliphatic carbocycles. The third-order valence-corrected chi connectivity index (χ3v) is 3.03. The molecule has 0 aliphatic heterocycles. The van der Waals surface area contributed by atoms with E-state index < -0.39 is 0 Å². The fraction of sp³-hybridized carbons (Fsp3) is 0. The van der Waals surface area contributed by atoms with Gasteiger partial charge in [-0.3, -0.25) is 9.59 Å². The highest BCUT2D eigenvalue weighted by Gasteiger charge is 2.27. The molecule has 0 bridgehead atoms. The molecular weight excluding hydrogens is 238 g/mol. The maximum absolute atomic E-state index is 12.1. The first-order valence-corrected chi connectivity index (χ1v) is 5.97. The number of rotatable bonds is 2. The minimum Gasteiger partial charge on any atom is -0.322 e. The second kappa shape index (κ2) is 4.53. The molecule has 0 radical (unpaired) electrons. The number of carbonyl (C=O) groups is 2. The van der Waals surface area contributed by atoms with Crippen LogP contribution in [-0.4, -0.2) is 11.7 Å². The largest absolute Gasteiger partial charge is 0.322 e. The van der Waals surface area contributed by atoms with Crippen molar-refractivity contribution in [2.75, 3.05) is 5.32 Å². The monoisotopic (exact) mass is 249 g/mol. The van der Waals surface area contributed by atoms with Crippen LogP contribution in [0.5, 0.6) is 0 Å². The van der Waals surface area contributed by atoms with E-state index in [0.717, 1.165) is 5.56 Å². The molecule has 0 fully saturated rings. The highest BCUT2D eigenvalue weighted by molar-refractivity contribution is 6.34. The Labute approximate surface area is 110 Å². The van der Waals surface area contributed by atoms with Gasteiger partial charge in [0.25, 0.3) is 5.91 Å². The molecular formula is C16H11NO2. The number of hydrogen-bond donors (Lipinski definition) is 1. The zero-order valence-electron chi connectivity index (χ0n) is 10.1. The average molecular weight is 249 g/mol. The summed E-state index contributed by atoms with van der Waals surface area (Å²) in [6, 6.07) is 16.3. The van der Waals surface area contributed by atoms with Gasteiger partial charge in [-0.15, -0.1) is 0 Å². The van der Waals surface area contributed by atoms with E-state index >= 15 is 0 Å². The van der Waals surface area contributed by atoms with Crippen LogP contribution in [0.25, 0.3) is 6.08 Å². The minimum atomic E-state index is -0.368. The summed E-state index contributed by atoms with van der Waals surface area (Å²) in [4.78, 5) is 24.2. The molecule has 0 saturated carbocycles. The van der Waals surface area contributed by atoms with E-state index in [2.05, 4.69) is 5.32 Å². The van der Waals surface area contributed by atoms with Gasteiger partial charge in [0.05, 0.1) is 5.57 Å². The van der Waals surface area contributed by atoms with E-state index in [1.807, 2.05) is 30.3 Å². The first kappa shape index (κ1) is 11.4. The second-order valence-electron chi connectivity index (χ2n) is 4.29. The van der Waals surface area contributed by atoms with E-state index in [-0.39, 0.29) is 17.3 Å². The van der Waals surface area contributed by atoms with Gasteiger partial charge in [0.15, 0.2) is 5.78 Å². The zero-order chi connectivity index (χ0) is 13.2. The maximum Gasteiger partial charge on any atom is 0.259 e. The summed E-state index contributed by atoms with van der Waals surface area (Å²) < 4.78 is 0. The molecule has 3 rings (SSSR count). The van der Waals surface area contributed by atoms with Crippen LogP contribution in [0, 0.1) is 0 Å². The van der Waals surface area contributed by atoms with Gasteiger partial charge in [-0.25, -0.2) is 0 Å². The number of fused-ring (bicyclic) bond motifs is 1. The summed E-state index contributed by atoms with van der Waals surface area (Å²) in [5.74, 6) is -0.587. The number of ketones is 1. The fourth-order valence-electron chi connectivity index (χ4n) is 2.08. The average Bonchev–Trinajstić information content (AvgIpc) is 2.78. The van der Waals surface area contributed by atoms with Crippen molar-refractivity contribution in [3.05, 3.63) is 71.3 Å². The molecule has 3 nitrogen and oxygen atoms in total. The molecule has 0 spiro atoms. The molecule has 0 atom stereocenters. The van der Waals surface area contributed by atoms with Crippen LogP contribution >= 0.6 is 0 Å². The van der Waals surface area contributed by atoms with Crippen LogP contribution in [0.1, 0.15) is 15.9 Å². The van der Waals surface area contributed by atoms with Gasteiger partial charge >= 0.3 is 0 Å². The Bertz CT molecular complexity index is 687. The van der Waals surface area contributed by atoms with E-state index in [4.69, 9.17) is 0 Å². The lowest BCUT2D eigenvalue weighted by Crippen LogP contribution is -2.18. The predicted octanol–water partition coefficient (Wildman–Crippen LogP) is 2.91. The zero-order valence-corrected chi connectivity index (χ0v) is 10.1. The van der Waals surface area contributed by atoms with E-state index in [1.165, 1.54) is 0 Å². The SMILES string of the molecule is O=C(Nc1ccccc1)C1=Cc2ccccc2C1=O. The molecule has 1 aliphatic rings. The molecule has 3 heteroatoms. The molecule has 1 N–H and O–H groups in total. The normalized spacial score (nSPS) is 12.8. The summed E-state index contributed by atoms with van der Waals surface area (Å²) in [6.45, 7) is 0. The smallest absolute Gasteiger partial charge is 0.259 e. The van der Waals surface area contributed by atoms with Crippen molar-refractivity contribution in [1.29, 1.82) is 0 Å². The Morgan fingerprint density at radius 2 is 1.58 bits per heavy atom. The summed E-state index contributed by atoms with van der Waals surface area (Å²) in [7, 11) is 0. The number of hydrogen-bond acceptors (Lipinski definition) is 2. The van der Waals surface area contributed by atoms with Gasteiger partial charge in [-0.2, -0.15) is 0 Å². The van der Waals surface area contributed by atoms with Gasteiger partial charge < -0.3 is 5.32 Å². The number of nitrogens with one attached hydrogen (secondary N) is 1. The molecule has 2 aromatic carbocycles. The van der Waals surface area contributed by atoms with Crippen LogP contribution in [0.4, 0.5) is 5.69 Å². The van der Waals surface area contributed by atoms with Crippen molar-refractivity contribution < 1.29 is 9.59 Å². The maximum atomic E-state index is 12.1. The summed E-state index contributed by atoms with van der Waals surface area (Å²) in [6.07, 6.45) is 1.63. The van der Waals surface area contributed by atoms with Crippen LogP contribution in [0.3, 0.4) is 0 Å². The Balaban J connectivity index is 1.85. The highest BCUT2D eigenvalue weighted by Crippen LogP contribution is 2.25. The Hall–Kier alpha value is -2.68. The van der Waals surface area contributed by atoms with Crippen molar-refractivity contribution in [3.63, 3.8) is 0 Å². The molecule has 0 unspecified atom stereocenters. The number of Topliss-reactive ketones (excluding diaryl/α,β-unsaturated/α-hetero) is 1. The summed E-state index contributed by atoms with van der Waals surface area (Å²) in [5.41, 5.74) is 2.24. The van der Waals surface area contributed by atoms with E-state index in [9.17, 15) is 9.59 Å². The Morgan fingerprint density at radius 1 is 0.895 bits per heavy atom. The van der Waals surface area contributed by atoms with Gasteiger partial charge in [-0.1, -0.05) is 42.5 Å². The highest BCUT2D eigenvalue weighted by atomic mass is 16.2. The van der Waals surface area contributed by atoms with E-state index in [1.54, 1.807) is 30.3 Å². The second-order valence-corrected chi connectivity index (χ2v) is 4.29. The summed E-state index contributed by atoms with van der Waals surface area (Å²) in [5, 5.41) is 2.72. The molecule has 0 aromatic heterocycles. The standard InChI is InChI=1S/C16H11NO2/c18-15-13-9-5-4-6-11(13)10-14(15)16(19)17-12-7-2-1-3-8-12/h1-10H,(H,17,19). The Morgan fingerprint density at radius 3 is 2.32 bits per heavy atom. The number of amides is 1. The third kappa shape index (κ3) is 2.06. The fourth-order valence-corrected chi connectivity index (χ4v) is 2.08. The number of benzene rings is 2. The van der Waals surface area contributed by atoms with Gasteiger partial charge in [0.1, 0.15) is 0 Å². The number of anilines is 1. The lowest BCUT2D eigenvalue weighted by atomic mass is 10.1. The molecule has 1 amide bonds. The third-order valence-electron chi connectivity index (χ3n) is 3.03. The van der Waals surface area contributed by atoms with Gasteiger partial charge in [0, 0.05) is 11.3 Å². The predicted molar refractivity (Wildman–Crippen MR) is 73.8 cm³/mol. The van der Waals surface area contributed by atoms with E-state index in [0.29, 0.717) is 11.3 Å². The lowest BCUT2D eigenvalue weighted by Gasteiger charge is -2.04. The molecule has 2 aromatic rings. The van der Waals surface area contributed by atoms with Gasteiger partial charge in [-0.05, 0) is 23.8 Å². The van der Waals surface area contributed by atoms with Crippen molar-refractivity contribution in [2.45, 2.75) is 0 Å².